The molecule has 0 aliphatic heterocycles. The van der Waals surface area contributed by atoms with Crippen LogP contribution in [0.5, 0.6) is 0 Å². The Labute approximate surface area is 183 Å². The van der Waals surface area contributed by atoms with Crippen LogP contribution in [-0.4, -0.2) is 50.9 Å². The zero-order chi connectivity index (χ0) is 22.7. The molecule has 32 heavy (non-hydrogen) atoms. The van der Waals surface area contributed by atoms with Crippen LogP contribution in [0.4, 0.5) is 22.1 Å². The van der Waals surface area contributed by atoms with Crippen molar-refractivity contribution in [3.8, 4) is 11.1 Å². The number of aromatic nitrogens is 4. The van der Waals surface area contributed by atoms with Gasteiger partial charge in [-0.25, -0.2) is 14.8 Å². The lowest BCUT2D eigenvalue weighted by Gasteiger charge is -2.13. The summed E-state index contributed by atoms with van der Waals surface area (Å²) in [5.41, 5.74) is 8.32. The number of anilines is 3. The number of rotatable bonds is 4. The van der Waals surface area contributed by atoms with E-state index in [1.54, 1.807) is 32.7 Å². The molecule has 0 aliphatic carbocycles. The van der Waals surface area contributed by atoms with Crippen LogP contribution in [0.2, 0.25) is 0 Å². The summed E-state index contributed by atoms with van der Waals surface area (Å²) in [6.07, 6.45) is 7.69. The van der Waals surface area contributed by atoms with E-state index in [1.165, 1.54) is 17.3 Å². The molecule has 0 spiro atoms. The Bertz CT molecular complexity index is 1310. The molecule has 0 radical (unpaired) electrons. The highest BCUT2D eigenvalue weighted by Gasteiger charge is 2.14. The number of carbonyl (C=O) groups is 2. The van der Waals surface area contributed by atoms with Gasteiger partial charge in [0.05, 0.1) is 30.0 Å². The Kier molecular flexibility index (Phi) is 5.58. The van der Waals surface area contributed by atoms with Crippen LogP contribution in [0.25, 0.3) is 21.9 Å². The molecule has 3 heterocycles. The minimum Gasteiger partial charge on any atom is -0.368 e. The van der Waals surface area contributed by atoms with E-state index in [2.05, 4.69) is 30.6 Å². The molecule has 0 aliphatic rings. The third-order valence-electron chi connectivity index (χ3n) is 4.64. The van der Waals surface area contributed by atoms with E-state index in [0.717, 1.165) is 16.5 Å². The third-order valence-corrected chi connectivity index (χ3v) is 4.64. The Hall–Kier alpha value is -4.60. The number of nitrogen functional groups attached to an aromatic ring is 1. The van der Waals surface area contributed by atoms with Crippen LogP contribution >= 0.6 is 0 Å². The normalized spacial score (nSPS) is 10.6. The number of hydrogen-bond acceptors (Lipinski definition) is 7. The minimum absolute atomic E-state index is 0.119. The number of hydrogen-bond donors (Lipinski definition) is 3. The van der Waals surface area contributed by atoms with Crippen LogP contribution in [-0.2, 0) is 0 Å². The maximum Gasteiger partial charge on any atom is 0.321 e. The summed E-state index contributed by atoms with van der Waals surface area (Å²) in [6.45, 7) is 0. The average Bonchev–Trinajstić information content (AvgIpc) is 2.80. The van der Waals surface area contributed by atoms with Crippen LogP contribution in [0, 0.1) is 0 Å². The Balaban J connectivity index is 1.67. The van der Waals surface area contributed by atoms with Crippen LogP contribution in [0.15, 0.2) is 61.3 Å². The molecule has 1 aromatic carbocycles. The summed E-state index contributed by atoms with van der Waals surface area (Å²) in [5.74, 6) is -0.278. The third kappa shape index (κ3) is 4.43. The number of nitrogens with two attached hydrogens (primary N) is 1. The molecule has 4 N–H and O–H groups in total. The van der Waals surface area contributed by atoms with Crippen molar-refractivity contribution >= 4 is 40.0 Å². The van der Waals surface area contributed by atoms with Gasteiger partial charge in [0.25, 0.3) is 5.91 Å². The fraction of sp³-hybridized carbons (Fsp3) is 0.0909. The fourth-order valence-electron chi connectivity index (χ4n) is 3.02. The first-order chi connectivity index (χ1) is 15.4. The van der Waals surface area contributed by atoms with Gasteiger partial charge < -0.3 is 21.3 Å². The van der Waals surface area contributed by atoms with Gasteiger partial charge in [0.2, 0.25) is 5.95 Å². The maximum atomic E-state index is 12.9. The lowest BCUT2D eigenvalue weighted by Crippen LogP contribution is -2.27. The van der Waals surface area contributed by atoms with Gasteiger partial charge in [-0.3, -0.25) is 14.8 Å². The van der Waals surface area contributed by atoms with Crippen molar-refractivity contribution in [1.82, 2.24) is 24.8 Å². The SMILES string of the molecule is CN(C)C(=O)Nc1cncc(-c2ccc3ccnc(C(=O)Nc4cnc(N)nc4)c3c2)c1. The lowest BCUT2D eigenvalue weighted by atomic mass is 10.0. The number of benzene rings is 1. The molecule has 160 valence electrons. The fourth-order valence-corrected chi connectivity index (χ4v) is 3.02. The Morgan fingerprint density at radius 3 is 2.41 bits per heavy atom. The predicted molar refractivity (Wildman–Crippen MR) is 122 cm³/mol. The molecule has 0 atom stereocenters. The summed E-state index contributed by atoms with van der Waals surface area (Å²) < 4.78 is 0. The molecule has 3 amide bonds. The number of carbonyl (C=O) groups excluding carboxylic acids is 2. The van der Waals surface area contributed by atoms with Gasteiger partial charge in [0.15, 0.2) is 0 Å². The number of pyridine rings is 2. The van der Waals surface area contributed by atoms with E-state index in [1.807, 2.05) is 30.3 Å². The summed E-state index contributed by atoms with van der Waals surface area (Å²) >= 11 is 0. The van der Waals surface area contributed by atoms with E-state index in [-0.39, 0.29) is 17.7 Å². The van der Waals surface area contributed by atoms with Crippen molar-refractivity contribution in [1.29, 1.82) is 0 Å². The second kappa shape index (κ2) is 8.64. The molecular weight excluding hydrogens is 408 g/mol. The smallest absolute Gasteiger partial charge is 0.321 e. The molecule has 10 nitrogen and oxygen atoms in total. The molecule has 0 fully saturated rings. The summed E-state index contributed by atoms with van der Waals surface area (Å²) in [6, 6.07) is 9.08. The predicted octanol–water partition coefficient (Wildman–Crippen LogP) is 3.01. The number of fused-ring (bicyclic) bond motifs is 1. The minimum atomic E-state index is -0.397. The van der Waals surface area contributed by atoms with Crippen molar-refractivity contribution in [3.63, 3.8) is 0 Å². The summed E-state index contributed by atoms with van der Waals surface area (Å²) in [4.78, 5) is 42.5. The highest BCUT2D eigenvalue weighted by molar-refractivity contribution is 6.11. The second-order valence-corrected chi connectivity index (χ2v) is 7.17. The molecule has 4 aromatic rings. The zero-order valence-corrected chi connectivity index (χ0v) is 17.4. The molecule has 10 heteroatoms. The van der Waals surface area contributed by atoms with Crippen LogP contribution < -0.4 is 16.4 Å². The average molecular weight is 428 g/mol. The van der Waals surface area contributed by atoms with Gasteiger partial charge >= 0.3 is 6.03 Å². The first-order valence-corrected chi connectivity index (χ1v) is 9.62. The molecule has 0 saturated carbocycles. The largest absolute Gasteiger partial charge is 0.368 e. The van der Waals surface area contributed by atoms with Gasteiger partial charge in [-0.05, 0) is 29.1 Å². The monoisotopic (exact) mass is 428 g/mol. The quantitative estimate of drug-likeness (QED) is 0.454. The Morgan fingerprint density at radius 2 is 1.66 bits per heavy atom. The van der Waals surface area contributed by atoms with E-state index in [9.17, 15) is 9.59 Å². The first kappa shape index (κ1) is 20.7. The molecule has 3 aromatic heterocycles. The summed E-state index contributed by atoms with van der Waals surface area (Å²) in [5, 5.41) is 7.03. The number of nitrogens with one attached hydrogen (secondary N) is 2. The van der Waals surface area contributed by atoms with E-state index in [4.69, 9.17) is 5.73 Å². The number of nitrogens with zero attached hydrogens (tertiary/aromatic N) is 5. The van der Waals surface area contributed by atoms with Gasteiger partial charge in [-0.15, -0.1) is 0 Å². The summed E-state index contributed by atoms with van der Waals surface area (Å²) in [7, 11) is 3.32. The van der Waals surface area contributed by atoms with Crippen LogP contribution in [0.3, 0.4) is 0 Å². The van der Waals surface area contributed by atoms with Crippen LogP contribution in [0.1, 0.15) is 10.5 Å². The van der Waals surface area contributed by atoms with E-state index in [0.29, 0.717) is 16.8 Å². The number of urea groups is 1. The Morgan fingerprint density at radius 1 is 0.875 bits per heavy atom. The van der Waals surface area contributed by atoms with Crippen molar-refractivity contribution in [3.05, 3.63) is 67.0 Å². The van der Waals surface area contributed by atoms with E-state index >= 15 is 0 Å². The van der Waals surface area contributed by atoms with Crippen molar-refractivity contribution in [2.24, 2.45) is 0 Å². The van der Waals surface area contributed by atoms with E-state index < -0.39 is 5.91 Å². The first-order valence-electron chi connectivity index (χ1n) is 9.62. The second-order valence-electron chi connectivity index (χ2n) is 7.17. The molecule has 0 bridgehead atoms. The van der Waals surface area contributed by atoms with Gasteiger partial charge in [0, 0.05) is 37.4 Å². The van der Waals surface area contributed by atoms with Crippen molar-refractivity contribution in [2.75, 3.05) is 30.5 Å². The van der Waals surface area contributed by atoms with Gasteiger partial charge in [-0.1, -0.05) is 12.1 Å². The highest BCUT2D eigenvalue weighted by atomic mass is 16.2. The maximum absolute atomic E-state index is 12.9. The van der Waals surface area contributed by atoms with Gasteiger partial charge in [0.1, 0.15) is 5.69 Å². The van der Waals surface area contributed by atoms with Crippen molar-refractivity contribution in [2.45, 2.75) is 0 Å². The molecule has 0 unspecified atom stereocenters. The lowest BCUT2D eigenvalue weighted by molar-refractivity contribution is 0.102. The zero-order valence-electron chi connectivity index (χ0n) is 17.4. The standard InChI is InChI=1S/C22H20N8O2/c1-30(2)22(32)29-16-7-15(9-24-10-16)14-4-3-13-5-6-25-19(18(13)8-14)20(31)28-17-11-26-21(23)27-12-17/h3-12H,1-2H3,(H,28,31)(H,29,32)(H2,23,26,27). The topological polar surface area (TPSA) is 139 Å². The molecule has 4 rings (SSSR count). The van der Waals surface area contributed by atoms with Gasteiger partial charge in [-0.2, -0.15) is 0 Å². The van der Waals surface area contributed by atoms with Crippen molar-refractivity contribution < 1.29 is 9.59 Å². The molecular formula is C22H20N8O2. The molecule has 0 saturated heterocycles. The highest BCUT2D eigenvalue weighted by Crippen LogP contribution is 2.27. The number of amides is 3.